The summed E-state index contributed by atoms with van der Waals surface area (Å²) in [5.41, 5.74) is 2.84. The molecule has 8 heteroatoms. The van der Waals surface area contributed by atoms with Gasteiger partial charge in [-0.3, -0.25) is 14.4 Å². The molecular formula is C24H23F2N3O3. The lowest BCUT2D eigenvalue weighted by atomic mass is 10.1. The second-order valence-electron chi connectivity index (χ2n) is 8.69. The fourth-order valence-electron chi connectivity index (χ4n) is 4.46. The Morgan fingerprint density at radius 2 is 1.88 bits per heavy atom. The fourth-order valence-corrected chi connectivity index (χ4v) is 4.46. The number of rotatable bonds is 5. The molecule has 0 aromatic heterocycles. The zero-order valence-electron chi connectivity index (χ0n) is 17.4. The van der Waals surface area contributed by atoms with Crippen LogP contribution < -0.4 is 15.1 Å². The van der Waals surface area contributed by atoms with Gasteiger partial charge in [0.2, 0.25) is 17.7 Å². The topological polar surface area (TPSA) is 69.7 Å². The van der Waals surface area contributed by atoms with E-state index in [1.54, 1.807) is 4.90 Å². The van der Waals surface area contributed by atoms with E-state index in [1.807, 2.05) is 23.1 Å². The van der Waals surface area contributed by atoms with E-state index in [-0.39, 0.29) is 48.7 Å². The smallest absolute Gasteiger partial charge is 0.230 e. The molecule has 1 aliphatic carbocycles. The minimum Gasteiger partial charge on any atom is -0.352 e. The molecule has 166 valence electrons. The third-order valence-corrected chi connectivity index (χ3v) is 6.43. The summed E-state index contributed by atoms with van der Waals surface area (Å²) in [6.07, 6.45) is 2.74. The normalized spacial score (nSPS) is 19.9. The van der Waals surface area contributed by atoms with E-state index >= 15 is 0 Å². The van der Waals surface area contributed by atoms with Crippen LogP contribution in [0.15, 0.2) is 36.4 Å². The van der Waals surface area contributed by atoms with E-state index in [9.17, 15) is 23.2 Å². The van der Waals surface area contributed by atoms with E-state index in [4.69, 9.17) is 0 Å². The van der Waals surface area contributed by atoms with Gasteiger partial charge in [0.15, 0.2) is 0 Å². The molecule has 0 spiro atoms. The molecule has 1 saturated heterocycles. The summed E-state index contributed by atoms with van der Waals surface area (Å²) in [5, 5.41) is 2.65. The number of hydrogen-bond donors (Lipinski definition) is 1. The molecule has 2 aromatic carbocycles. The Labute approximate surface area is 184 Å². The molecule has 2 heterocycles. The van der Waals surface area contributed by atoms with Gasteiger partial charge in [-0.25, -0.2) is 8.78 Å². The summed E-state index contributed by atoms with van der Waals surface area (Å²) in [5.74, 6) is -2.10. The Kier molecular flexibility index (Phi) is 5.15. The first kappa shape index (κ1) is 20.6. The van der Waals surface area contributed by atoms with Gasteiger partial charge in [-0.15, -0.1) is 0 Å². The third kappa shape index (κ3) is 3.85. The summed E-state index contributed by atoms with van der Waals surface area (Å²) in [4.78, 5) is 41.1. The lowest BCUT2D eigenvalue weighted by Crippen LogP contribution is -2.33. The molecule has 1 atom stereocenters. The van der Waals surface area contributed by atoms with Gasteiger partial charge in [0, 0.05) is 55.0 Å². The van der Waals surface area contributed by atoms with Gasteiger partial charge in [0.1, 0.15) is 11.6 Å². The van der Waals surface area contributed by atoms with Crippen molar-refractivity contribution in [3.05, 3.63) is 59.2 Å². The van der Waals surface area contributed by atoms with E-state index in [0.29, 0.717) is 12.2 Å². The van der Waals surface area contributed by atoms with E-state index in [0.717, 1.165) is 42.6 Å². The van der Waals surface area contributed by atoms with Crippen LogP contribution in [0, 0.1) is 23.5 Å². The van der Waals surface area contributed by atoms with Crippen LogP contribution in [0.5, 0.6) is 0 Å². The summed E-state index contributed by atoms with van der Waals surface area (Å²) < 4.78 is 26.8. The van der Waals surface area contributed by atoms with Crippen LogP contribution in [-0.2, 0) is 27.3 Å². The molecule has 0 radical (unpaired) electrons. The second-order valence-corrected chi connectivity index (χ2v) is 8.69. The Morgan fingerprint density at radius 3 is 2.62 bits per heavy atom. The Balaban J connectivity index is 1.24. The average molecular weight is 439 g/mol. The molecule has 32 heavy (non-hydrogen) atoms. The fraction of sp³-hybridized carbons (Fsp3) is 0.375. The minimum absolute atomic E-state index is 0.0701. The minimum atomic E-state index is -0.721. The van der Waals surface area contributed by atoms with Crippen molar-refractivity contribution in [3.8, 4) is 0 Å². The molecule has 1 N–H and O–H groups in total. The van der Waals surface area contributed by atoms with Crippen molar-refractivity contribution in [2.45, 2.75) is 32.2 Å². The number of anilines is 2. The summed E-state index contributed by atoms with van der Waals surface area (Å²) >= 11 is 0. The highest BCUT2D eigenvalue weighted by molar-refractivity contribution is 6.02. The number of hydrogen-bond acceptors (Lipinski definition) is 3. The first-order valence-electron chi connectivity index (χ1n) is 10.9. The highest BCUT2D eigenvalue weighted by Crippen LogP contribution is 2.38. The number of carbonyl (C=O) groups is 3. The first-order valence-corrected chi connectivity index (χ1v) is 10.9. The van der Waals surface area contributed by atoms with Crippen LogP contribution in [0.2, 0.25) is 0 Å². The van der Waals surface area contributed by atoms with Gasteiger partial charge in [0.05, 0.1) is 5.92 Å². The van der Waals surface area contributed by atoms with Crippen molar-refractivity contribution in [2.75, 3.05) is 22.9 Å². The van der Waals surface area contributed by atoms with Gasteiger partial charge in [-0.1, -0.05) is 6.07 Å². The molecule has 3 aliphatic rings. The predicted molar refractivity (Wildman–Crippen MR) is 114 cm³/mol. The van der Waals surface area contributed by atoms with Crippen molar-refractivity contribution in [3.63, 3.8) is 0 Å². The van der Waals surface area contributed by atoms with E-state index in [2.05, 4.69) is 5.32 Å². The monoisotopic (exact) mass is 439 g/mol. The van der Waals surface area contributed by atoms with Gasteiger partial charge in [-0.05, 0) is 49.1 Å². The SMILES string of the molecule is O=C(NCc1ccc(F)cc1F)C1CC(=O)N(c2ccc3c(c2)CCN3C(=O)C2CC2)C1. The maximum absolute atomic E-state index is 13.8. The molecule has 1 saturated carbocycles. The maximum Gasteiger partial charge on any atom is 0.230 e. The van der Waals surface area contributed by atoms with Crippen LogP contribution in [-0.4, -0.2) is 30.8 Å². The molecule has 5 rings (SSSR count). The summed E-state index contributed by atoms with van der Waals surface area (Å²) in [6.45, 7) is 0.826. The largest absolute Gasteiger partial charge is 0.352 e. The lowest BCUT2D eigenvalue weighted by molar-refractivity contribution is -0.126. The number of carbonyl (C=O) groups excluding carboxylic acids is 3. The number of fused-ring (bicyclic) bond motifs is 1. The molecule has 2 aliphatic heterocycles. The van der Waals surface area contributed by atoms with Crippen LogP contribution in [0.3, 0.4) is 0 Å². The van der Waals surface area contributed by atoms with Crippen LogP contribution in [0.1, 0.15) is 30.4 Å². The number of benzene rings is 2. The van der Waals surface area contributed by atoms with Crippen LogP contribution >= 0.6 is 0 Å². The van der Waals surface area contributed by atoms with Crippen molar-refractivity contribution in [2.24, 2.45) is 11.8 Å². The third-order valence-electron chi connectivity index (χ3n) is 6.43. The Morgan fingerprint density at radius 1 is 1.06 bits per heavy atom. The lowest BCUT2D eigenvalue weighted by Gasteiger charge is -2.20. The van der Waals surface area contributed by atoms with Crippen molar-refractivity contribution in [1.29, 1.82) is 0 Å². The zero-order chi connectivity index (χ0) is 22.4. The number of halogens is 2. The molecular weight excluding hydrogens is 416 g/mol. The quantitative estimate of drug-likeness (QED) is 0.779. The number of nitrogens with one attached hydrogen (secondary N) is 1. The number of amides is 3. The second kappa shape index (κ2) is 8.00. The molecule has 3 amide bonds. The Hall–Kier alpha value is -3.29. The van der Waals surface area contributed by atoms with Crippen molar-refractivity contribution >= 4 is 29.1 Å². The van der Waals surface area contributed by atoms with Gasteiger partial charge in [-0.2, -0.15) is 0 Å². The van der Waals surface area contributed by atoms with Gasteiger partial charge in [0.25, 0.3) is 0 Å². The van der Waals surface area contributed by atoms with Crippen LogP contribution in [0.4, 0.5) is 20.2 Å². The highest BCUT2D eigenvalue weighted by atomic mass is 19.1. The molecule has 2 aromatic rings. The standard InChI is InChI=1S/C24H23F2N3O3/c25-18-4-3-16(20(26)11-18)12-27-23(31)17-10-22(30)29(13-17)19-5-6-21-15(9-19)7-8-28(21)24(32)14-1-2-14/h3-6,9,11,14,17H,1-2,7-8,10,12-13H2,(H,27,31). The Bertz CT molecular complexity index is 1120. The van der Waals surface area contributed by atoms with Crippen molar-refractivity contribution < 1.29 is 23.2 Å². The molecule has 2 fully saturated rings. The van der Waals surface area contributed by atoms with Gasteiger partial charge < -0.3 is 15.1 Å². The predicted octanol–water partition coefficient (Wildman–Crippen LogP) is 2.93. The molecule has 1 unspecified atom stereocenters. The van der Waals surface area contributed by atoms with E-state index in [1.165, 1.54) is 6.07 Å². The number of nitrogens with zero attached hydrogens (tertiary/aromatic N) is 2. The van der Waals surface area contributed by atoms with Crippen molar-refractivity contribution in [1.82, 2.24) is 5.32 Å². The highest BCUT2D eigenvalue weighted by Gasteiger charge is 2.38. The molecule has 6 nitrogen and oxygen atoms in total. The average Bonchev–Trinajstić information content (AvgIpc) is 3.42. The first-order chi connectivity index (χ1) is 15.4. The summed E-state index contributed by atoms with van der Waals surface area (Å²) in [7, 11) is 0. The summed E-state index contributed by atoms with van der Waals surface area (Å²) in [6, 6.07) is 8.84. The van der Waals surface area contributed by atoms with E-state index < -0.39 is 17.6 Å². The maximum atomic E-state index is 13.8. The van der Waals surface area contributed by atoms with Crippen LogP contribution in [0.25, 0.3) is 0 Å². The van der Waals surface area contributed by atoms with Gasteiger partial charge >= 0.3 is 0 Å². The zero-order valence-corrected chi connectivity index (χ0v) is 17.4. The molecule has 0 bridgehead atoms.